The van der Waals surface area contributed by atoms with Crippen LogP contribution in [0.3, 0.4) is 0 Å². The van der Waals surface area contributed by atoms with Gasteiger partial charge < -0.3 is 14.5 Å². The fourth-order valence-electron chi connectivity index (χ4n) is 4.94. The molecule has 5 rings (SSSR count). The van der Waals surface area contributed by atoms with Crippen molar-refractivity contribution in [3.05, 3.63) is 83.9 Å². The van der Waals surface area contributed by atoms with Gasteiger partial charge in [-0.3, -0.25) is 9.69 Å². The van der Waals surface area contributed by atoms with E-state index >= 15 is 0 Å². The second-order valence-electron chi connectivity index (χ2n) is 9.86. The first-order valence-electron chi connectivity index (χ1n) is 13.1. The molecule has 0 saturated carbocycles. The SMILES string of the molecule is CN1CCCN(CCCOc2ccc(N3C(=O)C(=Nc4cccc(C(F)(F)F)c4)c4ccccc43)cc2)CC1. The molecule has 0 bridgehead atoms. The number of fused-ring (bicyclic) bond motifs is 1. The van der Waals surface area contributed by atoms with E-state index in [4.69, 9.17) is 4.74 Å². The maximum Gasteiger partial charge on any atom is 0.416 e. The number of halogens is 3. The third-order valence-electron chi connectivity index (χ3n) is 7.01. The van der Waals surface area contributed by atoms with Gasteiger partial charge in [-0.25, -0.2) is 4.99 Å². The van der Waals surface area contributed by atoms with E-state index in [0.717, 1.165) is 51.3 Å². The summed E-state index contributed by atoms with van der Waals surface area (Å²) in [5.74, 6) is 0.317. The second-order valence-corrected chi connectivity index (χ2v) is 9.86. The summed E-state index contributed by atoms with van der Waals surface area (Å²) in [5, 5.41) is 0. The zero-order valence-electron chi connectivity index (χ0n) is 21.8. The summed E-state index contributed by atoms with van der Waals surface area (Å²) in [6.45, 7) is 6.03. The molecule has 6 nitrogen and oxygen atoms in total. The van der Waals surface area contributed by atoms with Crippen LogP contribution in [0.1, 0.15) is 24.0 Å². The van der Waals surface area contributed by atoms with Gasteiger partial charge in [0.1, 0.15) is 11.5 Å². The van der Waals surface area contributed by atoms with Gasteiger partial charge in [-0.15, -0.1) is 0 Å². The van der Waals surface area contributed by atoms with E-state index in [-0.39, 0.29) is 11.4 Å². The fraction of sp³-hybridized carbons (Fsp3) is 0.333. The van der Waals surface area contributed by atoms with Gasteiger partial charge in [0.25, 0.3) is 5.91 Å². The Morgan fingerprint density at radius 2 is 1.72 bits per heavy atom. The van der Waals surface area contributed by atoms with Crippen LogP contribution in [0.5, 0.6) is 5.75 Å². The van der Waals surface area contributed by atoms with E-state index in [2.05, 4.69) is 21.8 Å². The van der Waals surface area contributed by atoms with Crippen LogP contribution in [0.4, 0.5) is 30.2 Å². The molecule has 0 aliphatic carbocycles. The lowest BCUT2D eigenvalue weighted by Gasteiger charge is -2.20. The van der Waals surface area contributed by atoms with Crippen LogP contribution in [-0.2, 0) is 11.0 Å². The van der Waals surface area contributed by atoms with E-state index in [1.165, 1.54) is 23.5 Å². The van der Waals surface area contributed by atoms with Crippen LogP contribution >= 0.6 is 0 Å². The summed E-state index contributed by atoms with van der Waals surface area (Å²) in [6, 6.07) is 19.1. The van der Waals surface area contributed by atoms with E-state index in [1.54, 1.807) is 18.2 Å². The molecule has 1 amide bonds. The fourth-order valence-corrected chi connectivity index (χ4v) is 4.94. The number of para-hydroxylation sites is 1. The Hall–Kier alpha value is -3.69. The Morgan fingerprint density at radius 3 is 2.51 bits per heavy atom. The van der Waals surface area contributed by atoms with Crippen LogP contribution in [0.25, 0.3) is 0 Å². The van der Waals surface area contributed by atoms with Gasteiger partial charge >= 0.3 is 6.18 Å². The summed E-state index contributed by atoms with van der Waals surface area (Å²) in [5.41, 5.74) is 1.19. The molecule has 39 heavy (non-hydrogen) atoms. The Morgan fingerprint density at radius 1 is 0.923 bits per heavy atom. The molecule has 0 radical (unpaired) electrons. The van der Waals surface area contributed by atoms with Crippen molar-refractivity contribution in [3.8, 4) is 5.75 Å². The third-order valence-corrected chi connectivity index (χ3v) is 7.01. The van der Waals surface area contributed by atoms with Crippen molar-refractivity contribution in [2.24, 2.45) is 4.99 Å². The molecule has 2 aliphatic rings. The monoisotopic (exact) mass is 536 g/mol. The Kier molecular flexibility index (Phi) is 7.99. The molecular formula is C30H31F3N4O2. The predicted molar refractivity (Wildman–Crippen MR) is 146 cm³/mol. The van der Waals surface area contributed by atoms with Crippen molar-refractivity contribution < 1.29 is 22.7 Å². The maximum atomic E-state index is 13.5. The van der Waals surface area contributed by atoms with Crippen LogP contribution in [0, 0.1) is 0 Å². The molecule has 0 spiro atoms. The number of carbonyl (C=O) groups excluding carboxylic acids is 1. The van der Waals surface area contributed by atoms with Crippen LogP contribution in [0.15, 0.2) is 77.8 Å². The molecule has 3 aromatic carbocycles. The summed E-state index contributed by atoms with van der Waals surface area (Å²) in [4.78, 5) is 24.2. The standard InChI is InChI=1S/C30H31F3N4O2/c1-35-15-5-16-36(19-18-35)17-6-20-39-25-13-11-24(12-14-25)37-27-10-3-2-9-26(27)28(29(37)38)34-23-8-4-7-22(21-23)30(31,32)33/h2-4,7-14,21H,5-6,15-20H2,1H3. The largest absolute Gasteiger partial charge is 0.494 e. The smallest absolute Gasteiger partial charge is 0.416 e. The Bertz CT molecular complexity index is 1340. The minimum absolute atomic E-state index is 0.0702. The van der Waals surface area contributed by atoms with E-state index < -0.39 is 17.6 Å². The minimum atomic E-state index is -4.49. The van der Waals surface area contributed by atoms with Crippen molar-refractivity contribution in [2.75, 3.05) is 51.3 Å². The number of aliphatic imine (C=N–C) groups is 1. The molecule has 0 aromatic heterocycles. The van der Waals surface area contributed by atoms with E-state index in [1.807, 2.05) is 30.3 Å². The molecule has 1 saturated heterocycles. The summed E-state index contributed by atoms with van der Waals surface area (Å²) < 4.78 is 45.5. The number of amides is 1. The number of likely N-dealkylation sites (N-methyl/N-ethyl adjacent to an activating group) is 1. The second kappa shape index (κ2) is 11.6. The first kappa shape index (κ1) is 26.9. The molecule has 9 heteroatoms. The normalized spacial score (nSPS) is 17.9. The number of carbonyl (C=O) groups is 1. The average molecular weight is 537 g/mol. The highest BCUT2D eigenvalue weighted by Crippen LogP contribution is 2.38. The predicted octanol–water partition coefficient (Wildman–Crippen LogP) is 5.91. The summed E-state index contributed by atoms with van der Waals surface area (Å²) >= 11 is 0. The first-order valence-corrected chi connectivity index (χ1v) is 13.1. The lowest BCUT2D eigenvalue weighted by Crippen LogP contribution is -2.30. The van der Waals surface area contributed by atoms with E-state index in [0.29, 0.717) is 29.3 Å². The van der Waals surface area contributed by atoms with Crippen molar-refractivity contribution in [1.29, 1.82) is 0 Å². The molecular weight excluding hydrogens is 505 g/mol. The maximum absolute atomic E-state index is 13.5. The quantitative estimate of drug-likeness (QED) is 0.352. The zero-order valence-corrected chi connectivity index (χ0v) is 21.8. The van der Waals surface area contributed by atoms with Crippen LogP contribution < -0.4 is 9.64 Å². The molecule has 2 aliphatic heterocycles. The summed E-state index contributed by atoms with van der Waals surface area (Å²) in [6.07, 6.45) is -2.38. The Balaban J connectivity index is 1.27. The highest BCUT2D eigenvalue weighted by molar-refractivity contribution is 6.56. The number of alkyl halides is 3. The van der Waals surface area contributed by atoms with Crippen molar-refractivity contribution >= 4 is 28.7 Å². The number of hydrogen-bond donors (Lipinski definition) is 0. The topological polar surface area (TPSA) is 48.4 Å². The molecule has 204 valence electrons. The average Bonchev–Trinajstić information content (AvgIpc) is 3.04. The minimum Gasteiger partial charge on any atom is -0.494 e. The van der Waals surface area contributed by atoms with Gasteiger partial charge in [-0.2, -0.15) is 13.2 Å². The third kappa shape index (κ3) is 6.32. The number of rotatable bonds is 7. The molecule has 0 unspecified atom stereocenters. The number of benzene rings is 3. The van der Waals surface area contributed by atoms with Crippen molar-refractivity contribution in [1.82, 2.24) is 9.80 Å². The molecule has 2 heterocycles. The number of nitrogens with zero attached hydrogens (tertiary/aromatic N) is 4. The number of hydrogen-bond acceptors (Lipinski definition) is 5. The summed E-state index contributed by atoms with van der Waals surface area (Å²) in [7, 11) is 2.16. The highest BCUT2D eigenvalue weighted by Gasteiger charge is 2.35. The van der Waals surface area contributed by atoms with Crippen molar-refractivity contribution in [2.45, 2.75) is 19.0 Å². The van der Waals surface area contributed by atoms with Gasteiger partial charge in [0.05, 0.1) is 23.5 Å². The lowest BCUT2D eigenvalue weighted by molar-refractivity contribution is -0.137. The van der Waals surface area contributed by atoms with Crippen LogP contribution in [-0.4, -0.2) is 67.8 Å². The van der Waals surface area contributed by atoms with E-state index in [9.17, 15) is 18.0 Å². The van der Waals surface area contributed by atoms with Crippen molar-refractivity contribution in [3.63, 3.8) is 0 Å². The highest BCUT2D eigenvalue weighted by atomic mass is 19.4. The Labute approximate surface area is 226 Å². The first-order chi connectivity index (χ1) is 18.8. The van der Waals surface area contributed by atoms with Gasteiger partial charge in [0, 0.05) is 30.9 Å². The molecule has 3 aromatic rings. The number of ether oxygens (including phenoxy) is 1. The van der Waals surface area contributed by atoms with Crippen LogP contribution in [0.2, 0.25) is 0 Å². The van der Waals surface area contributed by atoms with Gasteiger partial charge in [-0.1, -0.05) is 24.3 Å². The van der Waals surface area contributed by atoms with Gasteiger partial charge in [-0.05, 0) is 81.5 Å². The number of anilines is 2. The lowest BCUT2D eigenvalue weighted by atomic mass is 10.1. The van der Waals surface area contributed by atoms with Gasteiger partial charge in [0.2, 0.25) is 0 Å². The molecule has 0 N–H and O–H groups in total. The molecule has 1 fully saturated rings. The zero-order chi connectivity index (χ0) is 27.4. The molecule has 0 atom stereocenters. The van der Waals surface area contributed by atoms with Gasteiger partial charge in [0.15, 0.2) is 0 Å².